The molecular formula is C20H38N4O2. The van der Waals surface area contributed by atoms with Crippen LogP contribution >= 0.6 is 0 Å². The Bertz CT molecular complexity index is 459. The number of nitrogens with zero attached hydrogens (tertiary/aromatic N) is 3. The Morgan fingerprint density at radius 3 is 2.35 bits per heavy atom. The molecule has 2 aliphatic heterocycles. The van der Waals surface area contributed by atoms with Gasteiger partial charge in [0.05, 0.1) is 12.5 Å². The molecule has 2 aliphatic rings. The van der Waals surface area contributed by atoms with Crippen LogP contribution in [0.5, 0.6) is 0 Å². The van der Waals surface area contributed by atoms with Gasteiger partial charge in [-0.3, -0.25) is 14.5 Å². The Balaban J connectivity index is 1.94. The first-order valence-corrected chi connectivity index (χ1v) is 10.5. The third-order valence-electron chi connectivity index (χ3n) is 5.70. The third kappa shape index (κ3) is 5.95. The fourth-order valence-electron chi connectivity index (χ4n) is 4.12. The first kappa shape index (κ1) is 21.2. The molecule has 0 saturated carbocycles. The van der Waals surface area contributed by atoms with Gasteiger partial charge in [0.1, 0.15) is 0 Å². The van der Waals surface area contributed by atoms with Crippen LogP contribution in [0.15, 0.2) is 0 Å². The van der Waals surface area contributed by atoms with Crippen molar-refractivity contribution in [3.8, 4) is 0 Å². The van der Waals surface area contributed by atoms with E-state index in [0.717, 1.165) is 32.7 Å². The lowest BCUT2D eigenvalue weighted by Crippen LogP contribution is -2.59. The highest BCUT2D eigenvalue weighted by Crippen LogP contribution is 2.16. The fraction of sp³-hybridized carbons (Fsp3) is 0.900. The van der Waals surface area contributed by atoms with Gasteiger partial charge in [0, 0.05) is 38.3 Å². The number of amides is 2. The maximum Gasteiger partial charge on any atom is 0.237 e. The van der Waals surface area contributed by atoms with Crippen LogP contribution in [0.4, 0.5) is 0 Å². The molecule has 2 fully saturated rings. The molecule has 0 aromatic carbocycles. The van der Waals surface area contributed by atoms with Crippen LogP contribution in [0.25, 0.3) is 0 Å². The van der Waals surface area contributed by atoms with Crippen LogP contribution in [0.1, 0.15) is 59.8 Å². The summed E-state index contributed by atoms with van der Waals surface area (Å²) in [5.74, 6) is 0.0945. The average Bonchev–Trinajstić information content (AvgIpc) is 2.85. The monoisotopic (exact) mass is 366 g/mol. The summed E-state index contributed by atoms with van der Waals surface area (Å²) in [5, 5.41) is 2.92. The average molecular weight is 367 g/mol. The molecule has 0 aromatic rings. The van der Waals surface area contributed by atoms with E-state index in [-0.39, 0.29) is 36.4 Å². The summed E-state index contributed by atoms with van der Waals surface area (Å²) < 4.78 is 0. The Morgan fingerprint density at radius 1 is 1.12 bits per heavy atom. The van der Waals surface area contributed by atoms with Gasteiger partial charge in [-0.1, -0.05) is 12.8 Å². The number of carbonyl (C=O) groups excluding carboxylic acids is 2. The molecule has 0 spiro atoms. The van der Waals surface area contributed by atoms with Crippen molar-refractivity contribution in [1.29, 1.82) is 0 Å². The maximum absolute atomic E-state index is 13.0. The van der Waals surface area contributed by atoms with E-state index in [1.807, 2.05) is 4.90 Å². The van der Waals surface area contributed by atoms with E-state index in [2.05, 4.69) is 42.8 Å². The fourth-order valence-corrected chi connectivity index (χ4v) is 4.12. The van der Waals surface area contributed by atoms with Crippen molar-refractivity contribution >= 4 is 11.8 Å². The molecule has 26 heavy (non-hydrogen) atoms. The van der Waals surface area contributed by atoms with Crippen LogP contribution < -0.4 is 5.32 Å². The molecule has 1 atom stereocenters. The zero-order chi connectivity index (χ0) is 19.1. The lowest BCUT2D eigenvalue weighted by Gasteiger charge is -2.39. The van der Waals surface area contributed by atoms with Crippen molar-refractivity contribution in [2.24, 2.45) is 0 Å². The topological polar surface area (TPSA) is 55.9 Å². The number of hydrogen-bond acceptors (Lipinski definition) is 4. The van der Waals surface area contributed by atoms with Gasteiger partial charge >= 0.3 is 0 Å². The number of likely N-dealkylation sites (tertiary alicyclic amines) is 1. The van der Waals surface area contributed by atoms with Crippen LogP contribution in [-0.4, -0.2) is 83.9 Å². The third-order valence-corrected chi connectivity index (χ3v) is 5.70. The molecule has 150 valence electrons. The van der Waals surface area contributed by atoms with E-state index in [4.69, 9.17) is 0 Å². The molecule has 2 rings (SSSR count). The van der Waals surface area contributed by atoms with Crippen molar-refractivity contribution in [1.82, 2.24) is 20.0 Å². The predicted molar refractivity (Wildman–Crippen MR) is 105 cm³/mol. The zero-order valence-corrected chi connectivity index (χ0v) is 17.2. The van der Waals surface area contributed by atoms with Gasteiger partial charge in [0.25, 0.3) is 0 Å². The van der Waals surface area contributed by atoms with Crippen molar-refractivity contribution < 1.29 is 9.59 Å². The van der Waals surface area contributed by atoms with E-state index < -0.39 is 0 Å². The summed E-state index contributed by atoms with van der Waals surface area (Å²) in [5.41, 5.74) is 0. The second-order valence-electron chi connectivity index (χ2n) is 8.28. The quantitative estimate of drug-likeness (QED) is 0.745. The Morgan fingerprint density at radius 2 is 1.77 bits per heavy atom. The first-order chi connectivity index (χ1) is 12.4. The predicted octanol–water partition coefficient (Wildman–Crippen LogP) is 1.70. The van der Waals surface area contributed by atoms with Crippen molar-refractivity contribution in [2.45, 2.75) is 77.9 Å². The smallest absolute Gasteiger partial charge is 0.237 e. The van der Waals surface area contributed by atoms with E-state index in [0.29, 0.717) is 6.54 Å². The number of piperazine rings is 1. The van der Waals surface area contributed by atoms with E-state index in [9.17, 15) is 9.59 Å². The minimum Gasteiger partial charge on any atom is -0.353 e. The van der Waals surface area contributed by atoms with Gasteiger partial charge in [0.2, 0.25) is 11.8 Å². The number of carbonyl (C=O) groups is 2. The number of rotatable bonds is 7. The molecule has 0 radical (unpaired) electrons. The molecule has 0 aliphatic carbocycles. The normalized spacial score (nSPS) is 23.2. The second kappa shape index (κ2) is 10.3. The summed E-state index contributed by atoms with van der Waals surface area (Å²) in [6.45, 7) is 13.8. The Hall–Kier alpha value is -1.14. The summed E-state index contributed by atoms with van der Waals surface area (Å²) in [6.07, 6.45) is 5.46. The molecule has 0 unspecified atom stereocenters. The van der Waals surface area contributed by atoms with Gasteiger partial charge in [-0.25, -0.2) is 0 Å². The number of hydrogen-bond donors (Lipinski definition) is 1. The lowest BCUT2D eigenvalue weighted by atomic mass is 10.1. The molecule has 0 aromatic heterocycles. The summed E-state index contributed by atoms with van der Waals surface area (Å²) >= 11 is 0. The van der Waals surface area contributed by atoms with Gasteiger partial charge < -0.3 is 15.1 Å². The minimum absolute atomic E-state index is 0.00507. The van der Waals surface area contributed by atoms with Crippen LogP contribution in [0.3, 0.4) is 0 Å². The molecule has 6 nitrogen and oxygen atoms in total. The Kier molecular flexibility index (Phi) is 8.35. The van der Waals surface area contributed by atoms with Crippen LogP contribution in [0, 0.1) is 0 Å². The van der Waals surface area contributed by atoms with Gasteiger partial charge in [-0.05, 0) is 53.6 Å². The molecular weight excluding hydrogens is 328 g/mol. The van der Waals surface area contributed by atoms with Gasteiger partial charge in [0.15, 0.2) is 0 Å². The zero-order valence-electron chi connectivity index (χ0n) is 17.2. The van der Waals surface area contributed by atoms with Gasteiger partial charge in [-0.15, -0.1) is 0 Å². The molecule has 6 heteroatoms. The molecule has 0 bridgehead atoms. The highest BCUT2D eigenvalue weighted by Gasteiger charge is 2.34. The van der Waals surface area contributed by atoms with Crippen LogP contribution in [0.2, 0.25) is 0 Å². The largest absolute Gasteiger partial charge is 0.353 e. The minimum atomic E-state index is -0.337. The van der Waals surface area contributed by atoms with E-state index >= 15 is 0 Å². The summed E-state index contributed by atoms with van der Waals surface area (Å²) in [6, 6.07) is 0.0905. The standard InChI is InChI=1S/C20H38N4O2/c1-16(2)23-12-9-21-20(26)18(23)15-19(25)24(17(3)4)14-13-22-10-7-5-6-8-11-22/h16-18H,5-15H2,1-4H3,(H,21,26)/t18-/m0/s1. The molecule has 2 heterocycles. The van der Waals surface area contributed by atoms with E-state index in [1.54, 1.807) is 0 Å². The maximum atomic E-state index is 13.0. The van der Waals surface area contributed by atoms with Crippen LogP contribution in [-0.2, 0) is 9.59 Å². The second-order valence-corrected chi connectivity index (χ2v) is 8.28. The SMILES string of the molecule is CC(C)N(CCN1CCCCCC1)C(=O)C[C@H]1C(=O)NCCN1C(C)C. The molecule has 1 N–H and O–H groups in total. The van der Waals surface area contributed by atoms with E-state index in [1.165, 1.54) is 25.7 Å². The molecule has 2 amide bonds. The lowest BCUT2D eigenvalue weighted by molar-refractivity contribution is -0.140. The van der Waals surface area contributed by atoms with Crippen molar-refractivity contribution in [2.75, 3.05) is 39.3 Å². The highest BCUT2D eigenvalue weighted by molar-refractivity contribution is 5.89. The summed E-state index contributed by atoms with van der Waals surface area (Å²) in [4.78, 5) is 32.0. The highest BCUT2D eigenvalue weighted by atomic mass is 16.2. The van der Waals surface area contributed by atoms with Gasteiger partial charge in [-0.2, -0.15) is 0 Å². The van der Waals surface area contributed by atoms with Crippen molar-refractivity contribution in [3.05, 3.63) is 0 Å². The number of nitrogens with one attached hydrogen (secondary N) is 1. The first-order valence-electron chi connectivity index (χ1n) is 10.5. The van der Waals surface area contributed by atoms with Crippen molar-refractivity contribution in [3.63, 3.8) is 0 Å². The Labute approximate surface area is 159 Å². The molecule has 2 saturated heterocycles. The summed E-state index contributed by atoms with van der Waals surface area (Å²) in [7, 11) is 0.